The number of halogens is 1. The first-order chi connectivity index (χ1) is 12.1. The van der Waals surface area contributed by atoms with Gasteiger partial charge in [0, 0.05) is 16.1 Å². The van der Waals surface area contributed by atoms with Gasteiger partial charge in [0.1, 0.15) is 0 Å². The van der Waals surface area contributed by atoms with Crippen LogP contribution in [0.4, 0.5) is 6.01 Å². The number of carbonyl (C=O) groups is 1. The molecule has 0 spiro atoms. The van der Waals surface area contributed by atoms with Crippen LogP contribution in [0.15, 0.2) is 46.9 Å². The van der Waals surface area contributed by atoms with Crippen LogP contribution < -0.4 is 14.8 Å². The average Bonchev–Trinajstić information content (AvgIpc) is 3.10. The maximum atomic E-state index is 12.3. The van der Waals surface area contributed by atoms with Crippen LogP contribution >= 0.6 is 11.6 Å². The third-order valence-corrected chi connectivity index (χ3v) is 3.63. The Labute approximate surface area is 148 Å². The summed E-state index contributed by atoms with van der Waals surface area (Å²) >= 11 is 5.84. The Kier molecular flexibility index (Phi) is 4.85. The minimum absolute atomic E-state index is 0.00950. The van der Waals surface area contributed by atoms with Gasteiger partial charge in [-0.3, -0.25) is 10.1 Å². The van der Waals surface area contributed by atoms with Crippen LogP contribution in [-0.2, 0) is 0 Å². The highest BCUT2D eigenvalue weighted by atomic mass is 35.5. The van der Waals surface area contributed by atoms with Gasteiger partial charge < -0.3 is 13.9 Å². The molecule has 1 heterocycles. The van der Waals surface area contributed by atoms with Crippen molar-refractivity contribution in [2.24, 2.45) is 0 Å². The number of carbonyl (C=O) groups excluding carboxylic acids is 1. The molecule has 0 aliphatic rings. The number of nitrogens with one attached hydrogen (secondary N) is 1. The molecule has 7 nitrogen and oxygen atoms in total. The number of hydrogen-bond acceptors (Lipinski definition) is 6. The number of hydrogen-bond donors (Lipinski definition) is 1. The van der Waals surface area contributed by atoms with Crippen molar-refractivity contribution in [2.45, 2.75) is 0 Å². The number of rotatable bonds is 5. The molecule has 0 radical (unpaired) electrons. The van der Waals surface area contributed by atoms with Crippen molar-refractivity contribution >= 4 is 23.5 Å². The minimum Gasteiger partial charge on any atom is -0.493 e. The molecule has 0 fully saturated rings. The Morgan fingerprint density at radius 2 is 1.76 bits per heavy atom. The second kappa shape index (κ2) is 7.23. The fraction of sp³-hybridized carbons (Fsp3) is 0.118. The fourth-order valence-corrected chi connectivity index (χ4v) is 2.26. The lowest BCUT2D eigenvalue weighted by Gasteiger charge is -2.08. The molecular weight excluding hydrogens is 346 g/mol. The molecule has 0 aliphatic heterocycles. The zero-order valence-electron chi connectivity index (χ0n) is 13.4. The van der Waals surface area contributed by atoms with Gasteiger partial charge in [0.2, 0.25) is 5.89 Å². The van der Waals surface area contributed by atoms with E-state index < -0.39 is 5.91 Å². The lowest BCUT2D eigenvalue weighted by atomic mass is 10.2. The summed E-state index contributed by atoms with van der Waals surface area (Å²) in [7, 11) is 3.02. The fourth-order valence-electron chi connectivity index (χ4n) is 2.13. The van der Waals surface area contributed by atoms with E-state index in [0.717, 1.165) is 0 Å². The van der Waals surface area contributed by atoms with Gasteiger partial charge in [0.15, 0.2) is 11.5 Å². The molecular formula is C17H14ClN3O4. The van der Waals surface area contributed by atoms with E-state index in [1.165, 1.54) is 14.2 Å². The van der Waals surface area contributed by atoms with Crippen molar-refractivity contribution < 1.29 is 18.7 Å². The van der Waals surface area contributed by atoms with Crippen molar-refractivity contribution in [3.8, 4) is 23.0 Å². The monoisotopic (exact) mass is 359 g/mol. The van der Waals surface area contributed by atoms with Crippen LogP contribution in [0.25, 0.3) is 11.5 Å². The molecule has 0 atom stereocenters. The zero-order valence-corrected chi connectivity index (χ0v) is 14.2. The summed E-state index contributed by atoms with van der Waals surface area (Å²) in [6, 6.07) is 11.7. The lowest BCUT2D eigenvalue weighted by Crippen LogP contribution is -2.12. The van der Waals surface area contributed by atoms with Gasteiger partial charge in [0.05, 0.1) is 14.2 Å². The summed E-state index contributed by atoms with van der Waals surface area (Å²) in [5.41, 5.74) is 1.06. The van der Waals surface area contributed by atoms with Crippen LogP contribution in [0, 0.1) is 0 Å². The number of methoxy groups -OCH3 is 2. The first-order valence-corrected chi connectivity index (χ1v) is 7.61. The highest BCUT2D eigenvalue weighted by molar-refractivity contribution is 6.30. The van der Waals surface area contributed by atoms with Crippen molar-refractivity contribution in [3.05, 3.63) is 53.1 Å². The van der Waals surface area contributed by atoms with Crippen LogP contribution in [0.2, 0.25) is 5.02 Å². The highest BCUT2D eigenvalue weighted by Crippen LogP contribution is 2.28. The SMILES string of the molecule is COc1ccc(C(=O)Nc2nnc(-c3ccc(Cl)cc3)o2)cc1OC. The normalized spacial score (nSPS) is 10.4. The predicted octanol–water partition coefficient (Wildman–Crippen LogP) is 3.66. The third-order valence-electron chi connectivity index (χ3n) is 3.38. The molecule has 0 saturated heterocycles. The first-order valence-electron chi connectivity index (χ1n) is 7.23. The summed E-state index contributed by atoms with van der Waals surface area (Å²) in [6.07, 6.45) is 0. The van der Waals surface area contributed by atoms with Crippen LogP contribution in [0.3, 0.4) is 0 Å². The number of benzene rings is 2. The summed E-state index contributed by atoms with van der Waals surface area (Å²) in [6.45, 7) is 0. The molecule has 2 aromatic carbocycles. The molecule has 1 amide bonds. The molecule has 8 heteroatoms. The number of ether oxygens (including phenoxy) is 2. The van der Waals surface area contributed by atoms with Crippen molar-refractivity contribution in [1.82, 2.24) is 10.2 Å². The summed E-state index contributed by atoms with van der Waals surface area (Å²) in [5.74, 6) is 0.843. The first kappa shape index (κ1) is 16.8. The Morgan fingerprint density at radius 3 is 2.44 bits per heavy atom. The molecule has 128 valence electrons. The smallest absolute Gasteiger partial charge is 0.322 e. The minimum atomic E-state index is -0.410. The van der Waals surface area contributed by atoms with Crippen LogP contribution in [0.1, 0.15) is 10.4 Å². The summed E-state index contributed by atoms with van der Waals surface area (Å²) < 4.78 is 15.8. The van der Waals surface area contributed by atoms with Crippen LogP contribution in [-0.4, -0.2) is 30.3 Å². The van der Waals surface area contributed by atoms with E-state index >= 15 is 0 Å². The Hall–Kier alpha value is -3.06. The van der Waals surface area contributed by atoms with Gasteiger partial charge in [0.25, 0.3) is 5.91 Å². The summed E-state index contributed by atoms with van der Waals surface area (Å²) in [5, 5.41) is 10.9. The van der Waals surface area contributed by atoms with E-state index in [0.29, 0.717) is 27.6 Å². The van der Waals surface area contributed by atoms with E-state index in [1.807, 2.05) is 0 Å². The Balaban J connectivity index is 1.76. The molecule has 0 bridgehead atoms. The molecule has 1 N–H and O–H groups in total. The van der Waals surface area contributed by atoms with E-state index in [2.05, 4.69) is 15.5 Å². The van der Waals surface area contributed by atoms with Gasteiger partial charge in [-0.1, -0.05) is 16.7 Å². The van der Waals surface area contributed by atoms with Crippen molar-refractivity contribution in [2.75, 3.05) is 19.5 Å². The van der Waals surface area contributed by atoms with Gasteiger partial charge in [-0.15, -0.1) is 5.10 Å². The van der Waals surface area contributed by atoms with E-state index in [1.54, 1.807) is 42.5 Å². The second-order valence-corrected chi connectivity index (χ2v) is 5.38. The average molecular weight is 360 g/mol. The zero-order chi connectivity index (χ0) is 17.8. The predicted molar refractivity (Wildman–Crippen MR) is 92.2 cm³/mol. The third kappa shape index (κ3) is 3.72. The topological polar surface area (TPSA) is 86.5 Å². The molecule has 0 saturated carbocycles. The van der Waals surface area contributed by atoms with E-state index in [9.17, 15) is 4.79 Å². The number of aromatic nitrogens is 2. The Bertz CT molecular complexity index is 893. The van der Waals surface area contributed by atoms with Crippen LogP contribution in [0.5, 0.6) is 11.5 Å². The maximum Gasteiger partial charge on any atom is 0.322 e. The number of anilines is 1. The molecule has 1 aromatic heterocycles. The standard InChI is InChI=1S/C17H14ClN3O4/c1-23-13-8-5-11(9-14(13)24-2)15(22)19-17-21-20-16(25-17)10-3-6-12(18)7-4-10/h3-9H,1-2H3,(H,19,21,22). The maximum absolute atomic E-state index is 12.3. The molecule has 3 aromatic rings. The van der Waals surface area contributed by atoms with Gasteiger partial charge in [-0.05, 0) is 42.5 Å². The van der Waals surface area contributed by atoms with Gasteiger partial charge in [-0.25, -0.2) is 0 Å². The highest BCUT2D eigenvalue weighted by Gasteiger charge is 2.15. The lowest BCUT2D eigenvalue weighted by molar-refractivity contribution is 0.102. The number of nitrogens with zero attached hydrogens (tertiary/aromatic N) is 2. The van der Waals surface area contributed by atoms with E-state index in [-0.39, 0.29) is 11.9 Å². The second-order valence-electron chi connectivity index (χ2n) is 4.94. The van der Waals surface area contributed by atoms with E-state index in [4.69, 9.17) is 25.5 Å². The number of amides is 1. The van der Waals surface area contributed by atoms with Crippen molar-refractivity contribution in [3.63, 3.8) is 0 Å². The largest absolute Gasteiger partial charge is 0.493 e. The molecule has 3 rings (SSSR count). The quantitative estimate of drug-likeness (QED) is 0.748. The summed E-state index contributed by atoms with van der Waals surface area (Å²) in [4.78, 5) is 12.3. The molecule has 25 heavy (non-hydrogen) atoms. The van der Waals surface area contributed by atoms with Gasteiger partial charge >= 0.3 is 6.01 Å². The van der Waals surface area contributed by atoms with Gasteiger partial charge in [-0.2, -0.15) is 0 Å². The van der Waals surface area contributed by atoms with Crippen molar-refractivity contribution in [1.29, 1.82) is 0 Å². The molecule has 0 aliphatic carbocycles. The molecule has 0 unspecified atom stereocenters. The Morgan fingerprint density at radius 1 is 1.04 bits per heavy atom.